The number of phenolic OH excluding ortho intramolecular Hbond substituents is 1. The third-order valence-electron chi connectivity index (χ3n) is 13.6. The smallest absolute Gasteiger partial charge is 0.326 e. The molecule has 0 spiro atoms. The van der Waals surface area contributed by atoms with E-state index in [1.807, 2.05) is 44.2 Å². The molecule has 0 aliphatic carbocycles. The van der Waals surface area contributed by atoms with Gasteiger partial charge in [0.1, 0.15) is 48.0 Å². The molecule has 2 heterocycles. The van der Waals surface area contributed by atoms with Crippen molar-refractivity contribution in [2.24, 2.45) is 11.7 Å². The van der Waals surface area contributed by atoms with Crippen LogP contribution in [0, 0.1) is 5.92 Å². The number of benzene rings is 4. The predicted molar refractivity (Wildman–Crippen MR) is 285 cm³/mol. The van der Waals surface area contributed by atoms with Crippen LogP contribution in [0.3, 0.4) is 0 Å². The highest BCUT2D eigenvalue weighted by atomic mass is 16.4. The van der Waals surface area contributed by atoms with E-state index in [1.165, 1.54) is 28.9 Å². The summed E-state index contributed by atoms with van der Waals surface area (Å²) >= 11 is 0. The number of phenols is 1. The van der Waals surface area contributed by atoms with Crippen LogP contribution in [0.5, 0.6) is 5.75 Å². The number of nitrogens with zero attached hydrogens (tertiary/aromatic N) is 2. The zero-order valence-corrected chi connectivity index (χ0v) is 43.7. The van der Waals surface area contributed by atoms with Crippen LogP contribution < -0.4 is 37.6 Å². The summed E-state index contributed by atoms with van der Waals surface area (Å²) in [5.74, 6) is -6.42. The SMILES string of the molecule is CC(C)C[C@H](NC(=O)[C@H](Cc1ccc(O)cc1)NC(=O)[C@@H]1CCCN1C(=O)[C@H](Cc1ccccc1)NC(=O)[C@H](Cc1ccccc1)NC(=O)CNC(=O)[C@@H]1CCCN1C(=O)[C@H](C)NC(=O)[C@@H](N)Cc1ccccc1)C(=O)O. The summed E-state index contributed by atoms with van der Waals surface area (Å²) in [6.45, 7) is 4.96. The van der Waals surface area contributed by atoms with E-state index in [-0.39, 0.29) is 63.3 Å². The monoisotopic (exact) mass is 1060 g/mol. The Kier molecular flexibility index (Phi) is 21.2. The Morgan fingerprint density at radius 3 is 1.51 bits per heavy atom. The number of carboxylic acid groups (broad SMARTS) is 1. The fourth-order valence-electron chi connectivity index (χ4n) is 9.62. The normalized spacial score (nSPS) is 17.4. The fraction of sp³-hybridized carbons (Fsp3) is 0.421. The second-order valence-corrected chi connectivity index (χ2v) is 20.1. The van der Waals surface area contributed by atoms with Crippen molar-refractivity contribution in [1.82, 2.24) is 41.7 Å². The molecule has 20 nitrogen and oxygen atoms in total. The average Bonchev–Trinajstić information content (AvgIpc) is 4.12. The molecule has 8 amide bonds. The number of amides is 8. The third kappa shape index (κ3) is 17.2. The largest absolute Gasteiger partial charge is 0.508 e. The molecule has 410 valence electrons. The topological polar surface area (TPSA) is 299 Å². The second kappa shape index (κ2) is 28.1. The quantitative estimate of drug-likeness (QED) is 0.0458. The fourth-order valence-corrected chi connectivity index (χ4v) is 9.62. The lowest BCUT2D eigenvalue weighted by atomic mass is 10.0. The van der Waals surface area contributed by atoms with Gasteiger partial charge in [0, 0.05) is 32.4 Å². The van der Waals surface area contributed by atoms with Gasteiger partial charge in [-0.3, -0.25) is 38.4 Å². The van der Waals surface area contributed by atoms with Crippen molar-refractivity contribution >= 4 is 53.2 Å². The minimum absolute atomic E-state index is 0.00395. The van der Waals surface area contributed by atoms with Crippen LogP contribution >= 0.6 is 0 Å². The molecule has 8 atom stereocenters. The first-order valence-corrected chi connectivity index (χ1v) is 26.1. The molecule has 2 aliphatic rings. The average molecular weight is 1060 g/mol. The molecule has 0 aromatic heterocycles. The van der Waals surface area contributed by atoms with Crippen molar-refractivity contribution in [3.63, 3.8) is 0 Å². The number of nitrogens with one attached hydrogen (secondary N) is 6. The van der Waals surface area contributed by atoms with Gasteiger partial charge in [-0.05, 0) is 85.8 Å². The number of likely N-dealkylation sites (tertiary alicyclic amines) is 2. The summed E-state index contributed by atoms with van der Waals surface area (Å²) in [6, 6.07) is 24.0. The van der Waals surface area contributed by atoms with Crippen molar-refractivity contribution in [1.29, 1.82) is 0 Å². The summed E-state index contributed by atoms with van der Waals surface area (Å²) < 4.78 is 0. The molecule has 20 heteroatoms. The molecule has 0 unspecified atom stereocenters. The molecule has 6 rings (SSSR count). The van der Waals surface area contributed by atoms with E-state index >= 15 is 0 Å². The van der Waals surface area contributed by atoms with Crippen LogP contribution in [-0.2, 0) is 68.8 Å². The molecule has 2 saturated heterocycles. The number of hydrogen-bond donors (Lipinski definition) is 9. The number of hydrogen-bond acceptors (Lipinski definition) is 11. The van der Waals surface area contributed by atoms with Gasteiger partial charge in [0.05, 0.1) is 12.6 Å². The van der Waals surface area contributed by atoms with Crippen molar-refractivity contribution in [2.75, 3.05) is 19.6 Å². The van der Waals surface area contributed by atoms with Crippen LogP contribution in [0.4, 0.5) is 0 Å². The van der Waals surface area contributed by atoms with Gasteiger partial charge in [-0.15, -0.1) is 0 Å². The van der Waals surface area contributed by atoms with Crippen molar-refractivity contribution in [3.8, 4) is 5.75 Å². The molecule has 4 aromatic rings. The molecule has 2 aliphatic heterocycles. The number of aliphatic carboxylic acids is 1. The Morgan fingerprint density at radius 1 is 0.532 bits per heavy atom. The second-order valence-electron chi connectivity index (χ2n) is 20.1. The Hall–Kier alpha value is -8.13. The van der Waals surface area contributed by atoms with Gasteiger partial charge in [0.2, 0.25) is 47.3 Å². The van der Waals surface area contributed by atoms with Crippen LogP contribution in [0.1, 0.15) is 75.1 Å². The summed E-state index contributed by atoms with van der Waals surface area (Å²) in [5, 5.41) is 36.0. The molecule has 0 radical (unpaired) electrons. The number of aromatic hydroxyl groups is 1. The van der Waals surface area contributed by atoms with Gasteiger partial charge in [-0.25, -0.2) is 4.79 Å². The van der Waals surface area contributed by atoms with E-state index in [0.29, 0.717) is 36.0 Å². The summed E-state index contributed by atoms with van der Waals surface area (Å²) in [7, 11) is 0. The van der Waals surface area contributed by atoms with E-state index < -0.39 is 108 Å². The number of rotatable bonds is 25. The van der Waals surface area contributed by atoms with E-state index in [0.717, 1.165) is 5.56 Å². The highest BCUT2D eigenvalue weighted by Crippen LogP contribution is 2.22. The van der Waals surface area contributed by atoms with Crippen LogP contribution in [0.2, 0.25) is 0 Å². The lowest BCUT2D eigenvalue weighted by Crippen LogP contribution is -2.59. The van der Waals surface area contributed by atoms with Crippen LogP contribution in [0.25, 0.3) is 0 Å². The van der Waals surface area contributed by atoms with Gasteiger partial charge >= 0.3 is 5.97 Å². The van der Waals surface area contributed by atoms with Crippen LogP contribution in [0.15, 0.2) is 115 Å². The van der Waals surface area contributed by atoms with E-state index in [2.05, 4.69) is 31.9 Å². The van der Waals surface area contributed by atoms with Crippen LogP contribution in [-0.4, -0.2) is 141 Å². The maximum Gasteiger partial charge on any atom is 0.326 e. The van der Waals surface area contributed by atoms with Crippen molar-refractivity contribution < 1.29 is 53.4 Å². The first kappa shape index (κ1) is 58.1. The number of nitrogens with two attached hydrogens (primary N) is 1. The molecule has 0 bridgehead atoms. The summed E-state index contributed by atoms with van der Waals surface area (Å²) in [6.07, 6.45) is 1.74. The van der Waals surface area contributed by atoms with Gasteiger partial charge in [-0.1, -0.05) is 117 Å². The zero-order valence-electron chi connectivity index (χ0n) is 43.7. The minimum atomic E-state index is -1.27. The molecule has 10 N–H and O–H groups in total. The Bertz CT molecular complexity index is 2680. The predicted octanol–water partition coefficient (Wildman–Crippen LogP) is 1.66. The Balaban J connectivity index is 1.13. The van der Waals surface area contributed by atoms with Gasteiger partial charge in [-0.2, -0.15) is 0 Å². The number of carboxylic acids is 1. The lowest BCUT2D eigenvalue weighted by Gasteiger charge is -2.31. The number of carbonyl (C=O) groups is 9. The van der Waals surface area contributed by atoms with Crippen molar-refractivity contribution in [2.45, 2.75) is 127 Å². The molecule has 2 fully saturated rings. The first-order valence-electron chi connectivity index (χ1n) is 26.1. The van der Waals surface area contributed by atoms with E-state index in [4.69, 9.17) is 5.73 Å². The summed E-state index contributed by atoms with van der Waals surface area (Å²) in [4.78, 5) is 126. The first-order chi connectivity index (χ1) is 36.9. The highest BCUT2D eigenvalue weighted by Gasteiger charge is 2.41. The number of carbonyl (C=O) groups excluding carboxylic acids is 8. The van der Waals surface area contributed by atoms with E-state index in [1.54, 1.807) is 72.8 Å². The summed E-state index contributed by atoms with van der Waals surface area (Å²) in [5.41, 5.74) is 8.92. The maximum atomic E-state index is 14.8. The molecule has 77 heavy (non-hydrogen) atoms. The minimum Gasteiger partial charge on any atom is -0.508 e. The van der Waals surface area contributed by atoms with E-state index in [9.17, 15) is 53.4 Å². The Labute approximate surface area is 448 Å². The third-order valence-corrected chi connectivity index (χ3v) is 13.6. The molecule has 4 aromatic carbocycles. The van der Waals surface area contributed by atoms with Gasteiger partial charge < -0.3 is 57.6 Å². The molecular formula is C57H71N9O11. The lowest BCUT2D eigenvalue weighted by molar-refractivity contribution is -0.144. The van der Waals surface area contributed by atoms with Crippen molar-refractivity contribution in [3.05, 3.63) is 138 Å². The van der Waals surface area contributed by atoms with Gasteiger partial charge in [0.25, 0.3) is 0 Å². The maximum absolute atomic E-state index is 14.8. The zero-order chi connectivity index (χ0) is 55.6. The standard InChI is InChI=1S/C57H71N9O11/c1-35(2)29-46(57(76)77)64-52(71)44(32-40-23-25-41(67)26-24-40)62-54(73)48-22-14-28-66(48)56(75)45(33-39-19-11-6-12-20-39)63-51(70)43(31-38-17-9-5-10-18-38)61-49(68)34-59-53(72)47-21-13-27-65(47)55(74)36(3)60-50(69)42(58)30-37-15-7-4-8-16-37/h4-12,15-20,23-26,35-36,42-48,67H,13-14,21-22,27-34,58H2,1-3H3,(H,59,72)(H,60,69)(H,61,68)(H,62,73)(H,63,70)(H,64,71)(H,76,77)/t36-,42-,43-,44-,45-,46-,47-,48-/m0/s1. The Morgan fingerprint density at radius 2 is 0.987 bits per heavy atom. The molecular weight excluding hydrogens is 987 g/mol. The van der Waals surface area contributed by atoms with Gasteiger partial charge in [0.15, 0.2) is 0 Å². The highest BCUT2D eigenvalue weighted by molar-refractivity contribution is 5.98. The molecule has 0 saturated carbocycles.